The number of aryl methyl sites for hydroxylation is 1. The van der Waals surface area contributed by atoms with Gasteiger partial charge in [0.1, 0.15) is 0 Å². The summed E-state index contributed by atoms with van der Waals surface area (Å²) in [5.41, 5.74) is 2.62. The van der Waals surface area contributed by atoms with Crippen LogP contribution in [0.4, 0.5) is 5.69 Å². The Kier molecular flexibility index (Phi) is 3.67. The molecule has 2 rings (SSSR count). The lowest BCUT2D eigenvalue weighted by Crippen LogP contribution is -2.39. The van der Waals surface area contributed by atoms with Crippen molar-refractivity contribution in [2.24, 2.45) is 5.92 Å². The first-order chi connectivity index (χ1) is 8.22. The maximum absolute atomic E-state index is 11.5. The van der Waals surface area contributed by atoms with Crippen molar-refractivity contribution in [1.29, 1.82) is 0 Å². The Labute approximate surface area is 103 Å². The molecule has 0 atom stereocenters. The summed E-state index contributed by atoms with van der Waals surface area (Å²) < 4.78 is 0. The molecule has 1 fully saturated rings. The Hall–Kier alpha value is -1.51. The van der Waals surface area contributed by atoms with E-state index in [2.05, 4.69) is 41.4 Å². The van der Waals surface area contributed by atoms with E-state index in [9.17, 15) is 4.79 Å². The van der Waals surface area contributed by atoms with Crippen molar-refractivity contribution in [2.75, 3.05) is 25.0 Å². The zero-order valence-corrected chi connectivity index (χ0v) is 10.6. The highest BCUT2D eigenvalue weighted by atomic mass is 16.1. The van der Waals surface area contributed by atoms with E-state index in [4.69, 9.17) is 0 Å². The first-order valence-corrected chi connectivity index (χ1v) is 6.24. The van der Waals surface area contributed by atoms with Crippen molar-refractivity contribution in [2.45, 2.75) is 19.8 Å². The lowest BCUT2D eigenvalue weighted by atomic mass is 9.95. The highest BCUT2D eigenvalue weighted by Crippen LogP contribution is 2.25. The van der Waals surface area contributed by atoms with Crippen LogP contribution < -0.4 is 10.2 Å². The smallest absolute Gasteiger partial charge is 0.222 e. The number of hydrogen-bond acceptors (Lipinski definition) is 2. The maximum atomic E-state index is 11.5. The molecule has 1 aromatic rings. The van der Waals surface area contributed by atoms with E-state index in [1.54, 1.807) is 7.05 Å². The summed E-state index contributed by atoms with van der Waals surface area (Å²) in [6.45, 7) is 4.09. The van der Waals surface area contributed by atoms with Crippen LogP contribution in [0.2, 0.25) is 0 Å². The zero-order chi connectivity index (χ0) is 12.3. The second-order valence-corrected chi connectivity index (χ2v) is 4.66. The van der Waals surface area contributed by atoms with Crippen molar-refractivity contribution < 1.29 is 4.79 Å². The monoisotopic (exact) mass is 232 g/mol. The first-order valence-electron chi connectivity index (χ1n) is 6.24. The second-order valence-electron chi connectivity index (χ2n) is 4.66. The number of benzene rings is 1. The van der Waals surface area contributed by atoms with Crippen molar-refractivity contribution >= 4 is 11.6 Å². The van der Waals surface area contributed by atoms with Crippen LogP contribution in [0.25, 0.3) is 0 Å². The quantitative estimate of drug-likeness (QED) is 0.845. The average molecular weight is 232 g/mol. The van der Waals surface area contributed by atoms with Crippen molar-refractivity contribution in [1.82, 2.24) is 5.32 Å². The van der Waals surface area contributed by atoms with Gasteiger partial charge in [-0.05, 0) is 31.4 Å². The summed E-state index contributed by atoms with van der Waals surface area (Å²) in [6, 6.07) is 8.44. The fourth-order valence-electron chi connectivity index (χ4n) is 2.50. The molecule has 1 heterocycles. The standard InChI is InChI=1S/C14H20N2O/c1-11-5-3-4-6-13(11)16-9-7-12(8-10-16)14(17)15-2/h3-6,12H,7-10H2,1-2H3,(H,15,17). The highest BCUT2D eigenvalue weighted by molar-refractivity contribution is 5.78. The number of nitrogens with zero attached hydrogens (tertiary/aromatic N) is 1. The van der Waals surface area contributed by atoms with Gasteiger partial charge >= 0.3 is 0 Å². The van der Waals surface area contributed by atoms with E-state index >= 15 is 0 Å². The van der Waals surface area contributed by atoms with Gasteiger partial charge in [0.15, 0.2) is 0 Å². The number of carbonyl (C=O) groups is 1. The number of nitrogens with one attached hydrogen (secondary N) is 1. The number of rotatable bonds is 2. The molecular weight excluding hydrogens is 212 g/mol. The minimum Gasteiger partial charge on any atom is -0.371 e. The number of piperidine rings is 1. The zero-order valence-electron chi connectivity index (χ0n) is 10.6. The average Bonchev–Trinajstić information content (AvgIpc) is 2.39. The lowest BCUT2D eigenvalue weighted by molar-refractivity contribution is -0.125. The Morgan fingerprint density at radius 3 is 2.53 bits per heavy atom. The number of carbonyl (C=O) groups excluding carboxylic acids is 1. The van der Waals surface area contributed by atoms with Gasteiger partial charge in [-0.2, -0.15) is 0 Å². The van der Waals surface area contributed by atoms with Crippen LogP contribution in [0.5, 0.6) is 0 Å². The van der Waals surface area contributed by atoms with Crippen LogP contribution in [0.1, 0.15) is 18.4 Å². The molecule has 0 spiro atoms. The SMILES string of the molecule is CNC(=O)C1CCN(c2ccccc2C)CC1. The van der Waals surface area contributed by atoms with Gasteiger partial charge in [0.05, 0.1) is 0 Å². The molecule has 1 aromatic carbocycles. The Morgan fingerprint density at radius 2 is 1.94 bits per heavy atom. The molecule has 17 heavy (non-hydrogen) atoms. The van der Waals surface area contributed by atoms with Gasteiger partial charge in [-0.1, -0.05) is 18.2 Å². The molecule has 1 aliphatic rings. The maximum Gasteiger partial charge on any atom is 0.222 e. The van der Waals surface area contributed by atoms with E-state index in [-0.39, 0.29) is 11.8 Å². The number of anilines is 1. The minimum absolute atomic E-state index is 0.189. The van der Waals surface area contributed by atoms with E-state index in [0.29, 0.717) is 0 Å². The molecule has 3 heteroatoms. The molecule has 1 N–H and O–H groups in total. The number of para-hydroxylation sites is 1. The van der Waals surface area contributed by atoms with Crippen molar-refractivity contribution in [3.8, 4) is 0 Å². The number of hydrogen-bond donors (Lipinski definition) is 1. The summed E-state index contributed by atoms with van der Waals surface area (Å²) in [6.07, 6.45) is 1.90. The third-order valence-corrected chi connectivity index (χ3v) is 3.57. The lowest BCUT2D eigenvalue weighted by Gasteiger charge is -2.33. The van der Waals surface area contributed by atoms with Gasteiger partial charge in [0.25, 0.3) is 0 Å². The molecule has 0 unspecified atom stereocenters. The summed E-state index contributed by atoms with van der Waals surface area (Å²) in [5, 5.41) is 2.74. The third kappa shape index (κ3) is 2.60. The molecule has 92 valence electrons. The molecule has 0 aliphatic carbocycles. The highest BCUT2D eigenvalue weighted by Gasteiger charge is 2.24. The van der Waals surface area contributed by atoms with Crippen LogP contribution >= 0.6 is 0 Å². The van der Waals surface area contributed by atoms with Gasteiger partial charge < -0.3 is 10.2 Å². The van der Waals surface area contributed by atoms with E-state index in [0.717, 1.165) is 25.9 Å². The van der Waals surface area contributed by atoms with Gasteiger partial charge in [-0.25, -0.2) is 0 Å². The predicted molar refractivity (Wildman–Crippen MR) is 70.2 cm³/mol. The van der Waals surface area contributed by atoms with Crippen LogP contribution in [-0.2, 0) is 4.79 Å². The van der Waals surface area contributed by atoms with E-state index < -0.39 is 0 Å². The summed E-state index contributed by atoms with van der Waals surface area (Å²) in [5.74, 6) is 0.384. The molecule has 0 bridgehead atoms. The topological polar surface area (TPSA) is 32.3 Å². The van der Waals surface area contributed by atoms with Gasteiger partial charge in [-0.15, -0.1) is 0 Å². The van der Waals surface area contributed by atoms with Crippen LogP contribution in [0, 0.1) is 12.8 Å². The van der Waals surface area contributed by atoms with Crippen LogP contribution in [0.3, 0.4) is 0 Å². The molecule has 0 aromatic heterocycles. The van der Waals surface area contributed by atoms with Crippen LogP contribution in [0.15, 0.2) is 24.3 Å². The molecule has 1 saturated heterocycles. The fourth-order valence-corrected chi connectivity index (χ4v) is 2.50. The minimum atomic E-state index is 0.189. The first kappa shape index (κ1) is 12.0. The normalized spacial score (nSPS) is 16.9. The Bertz CT molecular complexity index is 395. The Balaban J connectivity index is 2.00. The van der Waals surface area contributed by atoms with Crippen molar-refractivity contribution in [3.63, 3.8) is 0 Å². The third-order valence-electron chi connectivity index (χ3n) is 3.57. The molecule has 1 aliphatic heterocycles. The van der Waals surface area contributed by atoms with Gasteiger partial charge in [-0.3, -0.25) is 4.79 Å². The summed E-state index contributed by atoms with van der Waals surface area (Å²) in [7, 11) is 1.72. The predicted octanol–water partition coefficient (Wildman–Crippen LogP) is 1.96. The Morgan fingerprint density at radius 1 is 1.29 bits per heavy atom. The molecular formula is C14H20N2O. The second kappa shape index (κ2) is 5.21. The fraction of sp³-hybridized carbons (Fsp3) is 0.500. The molecule has 3 nitrogen and oxygen atoms in total. The van der Waals surface area contributed by atoms with E-state index in [1.807, 2.05) is 0 Å². The van der Waals surface area contributed by atoms with Crippen LogP contribution in [-0.4, -0.2) is 26.0 Å². The molecule has 1 amide bonds. The molecule has 0 saturated carbocycles. The van der Waals surface area contributed by atoms with Crippen molar-refractivity contribution in [3.05, 3.63) is 29.8 Å². The number of amides is 1. The summed E-state index contributed by atoms with van der Waals surface area (Å²) >= 11 is 0. The molecule has 0 radical (unpaired) electrons. The summed E-state index contributed by atoms with van der Waals surface area (Å²) in [4.78, 5) is 13.9. The van der Waals surface area contributed by atoms with Gasteiger partial charge in [0.2, 0.25) is 5.91 Å². The van der Waals surface area contributed by atoms with Gasteiger partial charge in [0, 0.05) is 31.7 Å². The largest absolute Gasteiger partial charge is 0.371 e. The van der Waals surface area contributed by atoms with E-state index in [1.165, 1.54) is 11.3 Å².